The van der Waals surface area contributed by atoms with Crippen LogP contribution in [0.2, 0.25) is 10.0 Å². The maximum atomic E-state index is 13.0. The van der Waals surface area contributed by atoms with Gasteiger partial charge in [-0.2, -0.15) is 0 Å². The smallest absolute Gasteiger partial charge is 0.223 e. The third kappa shape index (κ3) is 6.77. The number of amides is 1. The molecule has 182 valence electrons. The van der Waals surface area contributed by atoms with Crippen molar-refractivity contribution in [3.8, 4) is 5.69 Å². The van der Waals surface area contributed by atoms with Crippen molar-refractivity contribution in [2.24, 2.45) is 5.92 Å². The lowest BCUT2D eigenvalue weighted by Crippen LogP contribution is -2.33. The number of aromatic nitrogens is 3. The zero-order valence-electron chi connectivity index (χ0n) is 20.1. The molecule has 1 heterocycles. The number of carbonyl (C=O) groups excluding carboxylic acids is 1. The number of halogens is 2. The van der Waals surface area contributed by atoms with Gasteiger partial charge in [0.25, 0.3) is 0 Å². The van der Waals surface area contributed by atoms with E-state index < -0.39 is 0 Å². The number of benzene rings is 2. The lowest BCUT2D eigenvalue weighted by molar-refractivity contribution is -0.126. The summed E-state index contributed by atoms with van der Waals surface area (Å²) in [4.78, 5) is 13.0. The Kier molecular flexibility index (Phi) is 9.86. The van der Waals surface area contributed by atoms with E-state index >= 15 is 0 Å². The highest BCUT2D eigenvalue weighted by Crippen LogP contribution is 2.32. The molecule has 0 saturated carbocycles. The topological polar surface area (TPSA) is 59.8 Å². The molecule has 0 aliphatic rings. The van der Waals surface area contributed by atoms with Gasteiger partial charge in [-0.3, -0.25) is 9.36 Å². The van der Waals surface area contributed by atoms with E-state index in [1.165, 1.54) is 11.1 Å². The summed E-state index contributed by atoms with van der Waals surface area (Å²) in [6.45, 7) is 8.21. The molecule has 0 saturated heterocycles. The Morgan fingerprint density at radius 3 is 2.62 bits per heavy atom. The van der Waals surface area contributed by atoms with E-state index in [1.54, 1.807) is 23.9 Å². The van der Waals surface area contributed by atoms with Crippen molar-refractivity contribution in [3.63, 3.8) is 0 Å². The second-order valence-electron chi connectivity index (χ2n) is 8.53. The van der Waals surface area contributed by atoms with E-state index in [1.807, 2.05) is 17.6 Å². The highest BCUT2D eigenvalue weighted by Gasteiger charge is 2.25. The van der Waals surface area contributed by atoms with Gasteiger partial charge in [0, 0.05) is 16.7 Å². The summed E-state index contributed by atoms with van der Waals surface area (Å²) in [5.74, 6) is 1.41. The standard InChI is InChI=1S/C26H32Cl2N4OS/c1-5-7-11-20(6-2)25(33)29-18(4)24-30-31-26(34-16-19-10-8-9-17(3)14-19)32(24)23-13-12-21(27)15-22(23)28/h8-10,12-15,18,20H,5-7,11,16H2,1-4H3,(H,29,33). The van der Waals surface area contributed by atoms with E-state index in [2.05, 4.69) is 60.6 Å². The molecule has 0 fully saturated rings. The number of hydrogen-bond donors (Lipinski definition) is 1. The van der Waals surface area contributed by atoms with Crippen LogP contribution in [0.5, 0.6) is 0 Å². The first-order valence-corrected chi connectivity index (χ1v) is 13.5. The van der Waals surface area contributed by atoms with Gasteiger partial charge in [0.05, 0.1) is 16.8 Å². The van der Waals surface area contributed by atoms with Gasteiger partial charge in [0.15, 0.2) is 11.0 Å². The summed E-state index contributed by atoms with van der Waals surface area (Å²) >= 11 is 14.3. The monoisotopic (exact) mass is 518 g/mol. The van der Waals surface area contributed by atoms with Gasteiger partial charge in [-0.15, -0.1) is 10.2 Å². The molecule has 3 aromatic rings. The number of nitrogens with one attached hydrogen (secondary N) is 1. The summed E-state index contributed by atoms with van der Waals surface area (Å²) in [6, 6.07) is 13.4. The molecule has 0 spiro atoms. The fourth-order valence-corrected chi connectivity index (χ4v) is 5.25. The van der Waals surface area contributed by atoms with Crippen LogP contribution in [0.1, 0.15) is 69.4 Å². The Morgan fingerprint density at radius 1 is 1.15 bits per heavy atom. The molecular formula is C26H32Cl2N4OS. The fourth-order valence-electron chi connectivity index (χ4n) is 3.86. The average molecular weight is 520 g/mol. The molecule has 0 aliphatic heterocycles. The number of aryl methyl sites for hydroxylation is 1. The Labute approximate surface area is 216 Å². The number of nitrogens with zero attached hydrogens (tertiary/aromatic N) is 3. The third-order valence-electron chi connectivity index (χ3n) is 5.78. The summed E-state index contributed by atoms with van der Waals surface area (Å²) in [7, 11) is 0. The molecule has 0 bridgehead atoms. The number of hydrogen-bond acceptors (Lipinski definition) is 4. The van der Waals surface area contributed by atoms with Crippen molar-refractivity contribution in [1.29, 1.82) is 0 Å². The zero-order chi connectivity index (χ0) is 24.7. The molecule has 3 rings (SSSR count). The number of rotatable bonds is 11. The highest BCUT2D eigenvalue weighted by atomic mass is 35.5. The first kappa shape index (κ1) is 26.6. The van der Waals surface area contributed by atoms with E-state index in [0.717, 1.165) is 37.1 Å². The Bertz CT molecular complexity index is 1120. The minimum Gasteiger partial charge on any atom is -0.346 e. The van der Waals surface area contributed by atoms with Gasteiger partial charge in [-0.05, 0) is 50.5 Å². The van der Waals surface area contributed by atoms with Gasteiger partial charge in [-0.25, -0.2) is 0 Å². The first-order chi connectivity index (χ1) is 16.3. The van der Waals surface area contributed by atoms with E-state index in [-0.39, 0.29) is 17.9 Å². The Hall–Kier alpha value is -2.02. The fraction of sp³-hybridized carbons (Fsp3) is 0.423. The van der Waals surface area contributed by atoms with Gasteiger partial charge >= 0.3 is 0 Å². The molecule has 34 heavy (non-hydrogen) atoms. The lowest BCUT2D eigenvalue weighted by Gasteiger charge is -2.20. The molecule has 1 amide bonds. The van der Waals surface area contributed by atoms with Crippen LogP contribution in [0.25, 0.3) is 5.69 Å². The first-order valence-electron chi connectivity index (χ1n) is 11.7. The van der Waals surface area contributed by atoms with Crippen molar-refractivity contribution in [2.45, 2.75) is 70.3 Å². The summed E-state index contributed by atoms with van der Waals surface area (Å²) in [5.41, 5.74) is 3.15. The SMILES string of the molecule is CCCCC(CC)C(=O)NC(C)c1nnc(SCc2cccc(C)c2)n1-c1ccc(Cl)cc1Cl. The molecule has 0 radical (unpaired) electrons. The number of unbranched alkanes of at least 4 members (excludes halogenated alkanes) is 1. The van der Waals surface area contributed by atoms with Crippen LogP contribution >= 0.6 is 35.0 Å². The normalized spacial score (nSPS) is 13.0. The predicted octanol–water partition coefficient (Wildman–Crippen LogP) is 7.57. The molecule has 2 unspecified atom stereocenters. The van der Waals surface area contributed by atoms with Crippen molar-refractivity contribution in [1.82, 2.24) is 20.1 Å². The van der Waals surface area contributed by atoms with Crippen LogP contribution in [0.4, 0.5) is 0 Å². The van der Waals surface area contributed by atoms with Gasteiger partial charge < -0.3 is 5.32 Å². The summed E-state index contributed by atoms with van der Waals surface area (Å²) in [6.07, 6.45) is 3.81. The van der Waals surface area contributed by atoms with Crippen molar-refractivity contribution in [3.05, 3.63) is 69.5 Å². The van der Waals surface area contributed by atoms with Crippen LogP contribution in [-0.2, 0) is 10.5 Å². The minimum absolute atomic E-state index is 0.00643. The zero-order valence-corrected chi connectivity index (χ0v) is 22.5. The maximum Gasteiger partial charge on any atom is 0.223 e. The van der Waals surface area contributed by atoms with E-state index in [0.29, 0.717) is 21.0 Å². The molecule has 2 aromatic carbocycles. The van der Waals surface area contributed by atoms with E-state index in [4.69, 9.17) is 23.2 Å². The quantitative estimate of drug-likeness (QED) is 0.266. The predicted molar refractivity (Wildman–Crippen MR) is 142 cm³/mol. The molecular weight excluding hydrogens is 487 g/mol. The Balaban J connectivity index is 1.91. The summed E-state index contributed by atoms with van der Waals surface area (Å²) < 4.78 is 1.93. The Morgan fingerprint density at radius 2 is 1.94 bits per heavy atom. The third-order valence-corrected chi connectivity index (χ3v) is 7.31. The van der Waals surface area contributed by atoms with E-state index in [9.17, 15) is 4.79 Å². The highest BCUT2D eigenvalue weighted by molar-refractivity contribution is 7.98. The van der Waals surface area contributed by atoms with Crippen LogP contribution in [0.15, 0.2) is 47.6 Å². The second-order valence-corrected chi connectivity index (χ2v) is 10.3. The van der Waals surface area contributed by atoms with Gasteiger partial charge in [0.2, 0.25) is 5.91 Å². The van der Waals surface area contributed by atoms with Crippen molar-refractivity contribution < 1.29 is 4.79 Å². The lowest BCUT2D eigenvalue weighted by atomic mass is 9.98. The second kappa shape index (κ2) is 12.6. The molecule has 1 aromatic heterocycles. The van der Waals surface area contributed by atoms with Crippen molar-refractivity contribution >= 4 is 40.9 Å². The van der Waals surface area contributed by atoms with Crippen molar-refractivity contribution in [2.75, 3.05) is 0 Å². The number of carbonyl (C=O) groups is 1. The van der Waals surface area contributed by atoms with Crippen LogP contribution in [0, 0.1) is 12.8 Å². The van der Waals surface area contributed by atoms with Gasteiger partial charge in [0.1, 0.15) is 0 Å². The van der Waals surface area contributed by atoms with Gasteiger partial charge in [-0.1, -0.05) is 91.5 Å². The molecule has 0 aliphatic carbocycles. The van der Waals surface area contributed by atoms with Crippen LogP contribution in [0.3, 0.4) is 0 Å². The maximum absolute atomic E-state index is 13.0. The molecule has 5 nitrogen and oxygen atoms in total. The van der Waals surface area contributed by atoms with Crippen LogP contribution in [-0.4, -0.2) is 20.7 Å². The average Bonchev–Trinajstić information content (AvgIpc) is 3.22. The van der Waals surface area contributed by atoms with Crippen LogP contribution < -0.4 is 5.32 Å². The molecule has 1 N–H and O–H groups in total. The molecule has 2 atom stereocenters. The summed E-state index contributed by atoms with van der Waals surface area (Å²) in [5, 5.41) is 13.9. The number of thioether (sulfide) groups is 1. The molecule has 8 heteroatoms. The largest absolute Gasteiger partial charge is 0.346 e. The minimum atomic E-state index is -0.337.